The van der Waals surface area contributed by atoms with Crippen molar-refractivity contribution in [3.8, 4) is 44.9 Å². The average Bonchev–Trinajstić information content (AvgIpc) is 3.14. The first-order chi connectivity index (χ1) is 18.0. The van der Waals surface area contributed by atoms with Crippen LogP contribution in [0, 0.1) is 6.92 Å². The van der Waals surface area contributed by atoms with E-state index in [2.05, 4.69) is 124 Å². The van der Waals surface area contributed by atoms with Crippen LogP contribution in [0.2, 0.25) is 0 Å². The average molecular weight is 475 g/mol. The van der Waals surface area contributed by atoms with Crippen molar-refractivity contribution in [2.75, 3.05) is 0 Å². The fraction of sp³-hybridized carbons (Fsp3) is 0.111. The Balaban J connectivity index is 1.35. The molecule has 0 N–H and O–H groups in total. The Morgan fingerprint density at radius 1 is 0.568 bits per heavy atom. The van der Waals surface area contributed by atoms with Crippen molar-refractivity contribution < 1.29 is 4.74 Å². The zero-order valence-electron chi connectivity index (χ0n) is 21.2. The van der Waals surface area contributed by atoms with Crippen LogP contribution >= 0.6 is 0 Å². The molecule has 37 heavy (non-hydrogen) atoms. The first-order valence-electron chi connectivity index (χ1n) is 13.0. The second-order valence-electron chi connectivity index (χ2n) is 11.0. The van der Waals surface area contributed by atoms with Crippen molar-refractivity contribution in [2.24, 2.45) is 0 Å². The van der Waals surface area contributed by atoms with Gasteiger partial charge in [-0.1, -0.05) is 110 Å². The van der Waals surface area contributed by atoms with Gasteiger partial charge in [-0.3, -0.25) is 0 Å². The molecule has 6 aromatic carbocycles. The lowest BCUT2D eigenvalue weighted by Crippen LogP contribution is -2.15. The summed E-state index contributed by atoms with van der Waals surface area (Å²) in [6, 6.07) is 37.8. The Labute approximate surface area is 217 Å². The number of ether oxygens (including phenoxy) is 1. The number of hydrogen-bond acceptors (Lipinski definition) is 1. The number of rotatable bonds is 1. The first kappa shape index (κ1) is 20.8. The Morgan fingerprint density at radius 2 is 1.27 bits per heavy atom. The second-order valence-corrected chi connectivity index (χ2v) is 11.0. The van der Waals surface area contributed by atoms with Crippen molar-refractivity contribution in [1.82, 2.24) is 0 Å². The predicted octanol–water partition coefficient (Wildman–Crippen LogP) is 10.0. The van der Waals surface area contributed by atoms with Crippen molar-refractivity contribution in [3.05, 3.63) is 120 Å². The SMILES string of the molecule is Cc1ccc2c(c1)C(C)(C)c1cc(-c3cccc4c3Oc3cc5ccccc5c5cccc-4c35)ccc1-2. The molecule has 1 aliphatic carbocycles. The third-order valence-electron chi connectivity index (χ3n) is 8.51. The van der Waals surface area contributed by atoms with Gasteiger partial charge in [0.05, 0.1) is 0 Å². The third-order valence-corrected chi connectivity index (χ3v) is 8.51. The summed E-state index contributed by atoms with van der Waals surface area (Å²) >= 11 is 0. The second kappa shape index (κ2) is 7.11. The lowest BCUT2D eigenvalue weighted by atomic mass is 9.81. The van der Waals surface area contributed by atoms with E-state index >= 15 is 0 Å². The van der Waals surface area contributed by atoms with Crippen LogP contribution in [0.5, 0.6) is 11.5 Å². The molecule has 1 aliphatic heterocycles. The van der Waals surface area contributed by atoms with E-state index in [1.807, 2.05) is 0 Å². The normalized spacial score (nSPS) is 14.2. The van der Waals surface area contributed by atoms with E-state index < -0.39 is 0 Å². The standard InChI is InChI=1S/C36H26O/c1-21-14-16-26-27-17-15-23(19-32(27)36(2,3)31(26)18-21)25-10-6-13-30-29-12-7-11-28-24-9-5-4-8-22(24)20-33(34(28)29)37-35(25)30/h4-20H,1-3H3. The lowest BCUT2D eigenvalue weighted by molar-refractivity contribution is 0.489. The van der Waals surface area contributed by atoms with Gasteiger partial charge in [0.15, 0.2) is 0 Å². The van der Waals surface area contributed by atoms with Crippen LogP contribution in [0.4, 0.5) is 0 Å². The van der Waals surface area contributed by atoms with Crippen molar-refractivity contribution in [3.63, 3.8) is 0 Å². The van der Waals surface area contributed by atoms with E-state index in [4.69, 9.17) is 4.74 Å². The van der Waals surface area contributed by atoms with Crippen LogP contribution in [-0.2, 0) is 5.41 Å². The van der Waals surface area contributed by atoms with Crippen molar-refractivity contribution >= 4 is 21.5 Å². The third kappa shape index (κ3) is 2.74. The smallest absolute Gasteiger partial charge is 0.143 e. The Kier molecular flexibility index (Phi) is 4.00. The zero-order chi connectivity index (χ0) is 24.9. The summed E-state index contributed by atoms with van der Waals surface area (Å²) in [6.07, 6.45) is 0. The minimum Gasteiger partial charge on any atom is -0.455 e. The molecule has 0 unspecified atom stereocenters. The molecular weight excluding hydrogens is 448 g/mol. The van der Waals surface area contributed by atoms with Crippen LogP contribution in [0.3, 0.4) is 0 Å². The highest BCUT2D eigenvalue weighted by molar-refractivity contribution is 6.16. The van der Waals surface area contributed by atoms with Gasteiger partial charge in [0.25, 0.3) is 0 Å². The zero-order valence-corrected chi connectivity index (χ0v) is 21.2. The molecule has 0 saturated heterocycles. The maximum Gasteiger partial charge on any atom is 0.143 e. The molecule has 0 aromatic heterocycles. The molecule has 0 amide bonds. The molecule has 0 fully saturated rings. The molecule has 176 valence electrons. The Morgan fingerprint density at radius 3 is 2.16 bits per heavy atom. The van der Waals surface area contributed by atoms with Gasteiger partial charge < -0.3 is 4.74 Å². The van der Waals surface area contributed by atoms with E-state index in [0.29, 0.717) is 0 Å². The molecule has 0 spiro atoms. The lowest BCUT2D eigenvalue weighted by Gasteiger charge is -2.25. The van der Waals surface area contributed by atoms with Crippen LogP contribution in [-0.4, -0.2) is 0 Å². The highest BCUT2D eigenvalue weighted by Crippen LogP contribution is 2.54. The van der Waals surface area contributed by atoms with Gasteiger partial charge in [-0.15, -0.1) is 0 Å². The quantitative estimate of drug-likeness (QED) is 0.215. The largest absolute Gasteiger partial charge is 0.455 e. The minimum atomic E-state index is -0.0422. The molecule has 0 atom stereocenters. The summed E-state index contributed by atoms with van der Waals surface area (Å²) in [5, 5.41) is 4.91. The maximum absolute atomic E-state index is 6.79. The molecule has 2 aliphatic rings. The minimum absolute atomic E-state index is 0.0422. The summed E-state index contributed by atoms with van der Waals surface area (Å²) < 4.78 is 6.79. The number of fused-ring (bicyclic) bond motifs is 7. The van der Waals surface area contributed by atoms with Crippen LogP contribution in [0.25, 0.3) is 54.9 Å². The Bertz CT molecular complexity index is 1940. The van der Waals surface area contributed by atoms with E-state index in [1.54, 1.807) is 0 Å². The molecule has 8 rings (SSSR count). The molecule has 0 saturated carbocycles. The molecule has 6 aromatic rings. The van der Waals surface area contributed by atoms with Gasteiger partial charge in [-0.25, -0.2) is 0 Å². The van der Waals surface area contributed by atoms with Gasteiger partial charge in [-0.05, 0) is 68.6 Å². The monoisotopic (exact) mass is 474 g/mol. The van der Waals surface area contributed by atoms with Crippen LogP contribution < -0.4 is 4.74 Å². The topological polar surface area (TPSA) is 9.23 Å². The van der Waals surface area contributed by atoms with Crippen LogP contribution in [0.1, 0.15) is 30.5 Å². The number of para-hydroxylation sites is 1. The highest BCUT2D eigenvalue weighted by atomic mass is 16.5. The highest BCUT2D eigenvalue weighted by Gasteiger charge is 2.36. The molecular formula is C36H26O. The Hall–Kier alpha value is -4.36. The summed E-state index contributed by atoms with van der Waals surface area (Å²) in [6.45, 7) is 6.87. The molecule has 1 heterocycles. The van der Waals surface area contributed by atoms with Crippen molar-refractivity contribution in [2.45, 2.75) is 26.2 Å². The molecule has 1 nitrogen and oxygen atoms in total. The summed E-state index contributed by atoms with van der Waals surface area (Å²) in [4.78, 5) is 0. The van der Waals surface area contributed by atoms with Gasteiger partial charge in [-0.2, -0.15) is 0 Å². The van der Waals surface area contributed by atoms with E-state index in [-0.39, 0.29) is 5.41 Å². The summed E-state index contributed by atoms with van der Waals surface area (Å²) in [5.41, 5.74) is 11.5. The fourth-order valence-electron chi connectivity index (χ4n) is 6.64. The number of benzene rings is 6. The van der Waals surface area contributed by atoms with Gasteiger partial charge in [0, 0.05) is 21.9 Å². The fourth-order valence-corrected chi connectivity index (χ4v) is 6.64. The van der Waals surface area contributed by atoms with Crippen molar-refractivity contribution in [1.29, 1.82) is 0 Å². The number of hydrogen-bond donors (Lipinski definition) is 0. The number of aryl methyl sites for hydroxylation is 1. The predicted molar refractivity (Wildman–Crippen MR) is 155 cm³/mol. The van der Waals surface area contributed by atoms with Gasteiger partial charge >= 0.3 is 0 Å². The maximum atomic E-state index is 6.79. The molecule has 0 radical (unpaired) electrons. The van der Waals surface area contributed by atoms with E-state index in [9.17, 15) is 0 Å². The van der Waals surface area contributed by atoms with Gasteiger partial charge in [0.1, 0.15) is 11.5 Å². The van der Waals surface area contributed by atoms with Crippen LogP contribution in [0.15, 0.2) is 103 Å². The van der Waals surface area contributed by atoms with E-state index in [1.165, 1.54) is 60.5 Å². The summed E-state index contributed by atoms with van der Waals surface area (Å²) in [7, 11) is 0. The first-order valence-corrected chi connectivity index (χ1v) is 13.0. The summed E-state index contributed by atoms with van der Waals surface area (Å²) in [5.74, 6) is 1.88. The van der Waals surface area contributed by atoms with E-state index in [0.717, 1.165) is 22.6 Å². The molecule has 0 bridgehead atoms. The molecule has 1 heteroatoms. The van der Waals surface area contributed by atoms with Gasteiger partial charge in [0.2, 0.25) is 0 Å².